The number of carbonyl (C=O) groups is 3. The van der Waals surface area contributed by atoms with Crippen LogP contribution in [0.2, 0.25) is 0 Å². The van der Waals surface area contributed by atoms with Crippen LogP contribution in [0.3, 0.4) is 0 Å². The molecule has 2 aliphatic rings. The summed E-state index contributed by atoms with van der Waals surface area (Å²) in [5.74, 6) is -0.414. The Morgan fingerprint density at radius 3 is 2.54 bits per heavy atom. The van der Waals surface area contributed by atoms with Gasteiger partial charge in [0.15, 0.2) is 0 Å². The zero-order valence-electron chi connectivity index (χ0n) is 14.6. The van der Waals surface area contributed by atoms with Crippen molar-refractivity contribution in [3.8, 4) is 0 Å². The van der Waals surface area contributed by atoms with Gasteiger partial charge in [0.05, 0.1) is 0 Å². The monoisotopic (exact) mass is 380 g/mol. The largest absolute Gasteiger partial charge is 0.354 e. The first-order valence-corrected chi connectivity index (χ1v) is 8.73. The number of hydrogen-bond donors (Lipinski definition) is 3. The SMILES string of the molecule is Cl.NC(CNC(=O)CCN1C(=O)NC2(CCCC2)C1=O)c1ccccc1. The standard InChI is InChI=1S/C18H24N4O3.ClH/c19-14(13-6-2-1-3-7-13)12-20-15(23)8-11-22-16(24)18(21-17(22)25)9-4-5-10-18;/h1-3,6-7,14H,4-5,8-12,19H2,(H,20,23)(H,21,25);1H. The third kappa shape index (κ3) is 4.16. The smallest absolute Gasteiger partial charge is 0.325 e. The van der Waals surface area contributed by atoms with Gasteiger partial charge in [-0.2, -0.15) is 0 Å². The minimum atomic E-state index is -0.719. The molecule has 1 unspecified atom stereocenters. The number of nitrogens with two attached hydrogens (primary N) is 1. The van der Waals surface area contributed by atoms with Gasteiger partial charge < -0.3 is 16.4 Å². The molecule has 0 bridgehead atoms. The van der Waals surface area contributed by atoms with Crippen LogP contribution in [-0.4, -0.2) is 41.4 Å². The normalized spacial score (nSPS) is 19.2. The molecular formula is C18H25ClN4O3. The quantitative estimate of drug-likeness (QED) is 0.650. The highest BCUT2D eigenvalue weighted by Gasteiger charge is 2.52. The highest BCUT2D eigenvalue weighted by atomic mass is 35.5. The van der Waals surface area contributed by atoms with Crippen LogP contribution in [0.25, 0.3) is 0 Å². The van der Waals surface area contributed by atoms with Gasteiger partial charge in [-0.25, -0.2) is 4.79 Å². The molecule has 2 fully saturated rings. The van der Waals surface area contributed by atoms with Crippen LogP contribution in [0.4, 0.5) is 4.79 Å². The van der Waals surface area contributed by atoms with Gasteiger partial charge in [-0.3, -0.25) is 14.5 Å². The molecule has 0 radical (unpaired) electrons. The number of imide groups is 1. The average Bonchev–Trinajstić information content (AvgIpc) is 3.18. The van der Waals surface area contributed by atoms with Crippen LogP contribution < -0.4 is 16.4 Å². The highest BCUT2D eigenvalue weighted by Crippen LogP contribution is 2.34. The summed E-state index contributed by atoms with van der Waals surface area (Å²) in [6, 6.07) is 8.84. The predicted molar refractivity (Wildman–Crippen MR) is 99.7 cm³/mol. The van der Waals surface area contributed by atoms with Crippen LogP contribution in [0, 0.1) is 0 Å². The van der Waals surface area contributed by atoms with Crippen LogP contribution in [0.5, 0.6) is 0 Å². The number of rotatable bonds is 6. The van der Waals surface area contributed by atoms with Crippen LogP contribution in [-0.2, 0) is 9.59 Å². The summed E-state index contributed by atoms with van der Waals surface area (Å²) in [7, 11) is 0. The number of benzene rings is 1. The van der Waals surface area contributed by atoms with Crippen molar-refractivity contribution in [2.75, 3.05) is 13.1 Å². The molecule has 0 aromatic heterocycles. The van der Waals surface area contributed by atoms with Gasteiger partial charge in [0, 0.05) is 25.6 Å². The molecule has 1 atom stereocenters. The van der Waals surface area contributed by atoms with Crippen molar-refractivity contribution < 1.29 is 14.4 Å². The number of nitrogens with one attached hydrogen (secondary N) is 2. The Hall–Kier alpha value is -2.12. The van der Waals surface area contributed by atoms with E-state index < -0.39 is 5.54 Å². The minimum Gasteiger partial charge on any atom is -0.354 e. The van der Waals surface area contributed by atoms with E-state index in [-0.39, 0.29) is 49.3 Å². The molecule has 142 valence electrons. The van der Waals surface area contributed by atoms with E-state index >= 15 is 0 Å². The molecule has 1 saturated carbocycles. The van der Waals surface area contributed by atoms with Crippen LogP contribution >= 0.6 is 12.4 Å². The third-order valence-electron chi connectivity index (χ3n) is 5.01. The molecule has 1 aliphatic carbocycles. The fraction of sp³-hybridized carbons (Fsp3) is 0.500. The van der Waals surface area contributed by atoms with Crippen molar-refractivity contribution in [3.05, 3.63) is 35.9 Å². The fourth-order valence-electron chi connectivity index (χ4n) is 3.54. The van der Waals surface area contributed by atoms with Crippen molar-refractivity contribution in [1.29, 1.82) is 0 Å². The van der Waals surface area contributed by atoms with Crippen molar-refractivity contribution in [3.63, 3.8) is 0 Å². The van der Waals surface area contributed by atoms with Gasteiger partial charge in [-0.15, -0.1) is 12.4 Å². The zero-order valence-corrected chi connectivity index (χ0v) is 15.4. The summed E-state index contributed by atoms with van der Waals surface area (Å²) in [5, 5.41) is 5.57. The molecule has 1 spiro atoms. The van der Waals surface area contributed by atoms with E-state index in [1.165, 1.54) is 4.90 Å². The topological polar surface area (TPSA) is 105 Å². The molecule has 7 nitrogen and oxygen atoms in total. The Bertz CT molecular complexity index is 662. The summed E-state index contributed by atoms with van der Waals surface area (Å²) in [6.45, 7) is 0.408. The second-order valence-electron chi connectivity index (χ2n) is 6.75. The fourth-order valence-corrected chi connectivity index (χ4v) is 3.54. The second kappa shape index (κ2) is 8.51. The van der Waals surface area contributed by atoms with E-state index in [0.717, 1.165) is 18.4 Å². The van der Waals surface area contributed by atoms with Gasteiger partial charge in [-0.1, -0.05) is 43.2 Å². The molecule has 1 aromatic carbocycles. The van der Waals surface area contributed by atoms with Gasteiger partial charge in [0.1, 0.15) is 5.54 Å². The first kappa shape index (κ1) is 20.2. The maximum absolute atomic E-state index is 12.5. The number of urea groups is 1. The predicted octanol–water partition coefficient (Wildman–Crippen LogP) is 1.48. The van der Waals surface area contributed by atoms with E-state index in [0.29, 0.717) is 19.4 Å². The van der Waals surface area contributed by atoms with Gasteiger partial charge in [0.25, 0.3) is 5.91 Å². The molecule has 4 N–H and O–H groups in total. The summed E-state index contributed by atoms with van der Waals surface area (Å²) in [5.41, 5.74) is 6.27. The maximum Gasteiger partial charge on any atom is 0.325 e. The lowest BCUT2D eigenvalue weighted by molar-refractivity contribution is -0.131. The number of nitrogens with zero attached hydrogens (tertiary/aromatic N) is 1. The summed E-state index contributed by atoms with van der Waals surface area (Å²) in [4.78, 5) is 37.7. The molecular weight excluding hydrogens is 356 g/mol. The Labute approximate surface area is 159 Å². The summed E-state index contributed by atoms with van der Waals surface area (Å²) >= 11 is 0. The summed E-state index contributed by atoms with van der Waals surface area (Å²) < 4.78 is 0. The minimum absolute atomic E-state index is 0. The van der Waals surface area contributed by atoms with Crippen LogP contribution in [0.1, 0.15) is 43.7 Å². The van der Waals surface area contributed by atoms with E-state index in [2.05, 4.69) is 10.6 Å². The molecule has 1 heterocycles. The maximum atomic E-state index is 12.5. The Kier molecular flexibility index (Phi) is 6.61. The van der Waals surface area contributed by atoms with E-state index in [1.54, 1.807) is 0 Å². The van der Waals surface area contributed by atoms with Crippen molar-refractivity contribution in [2.45, 2.75) is 43.7 Å². The molecule has 26 heavy (non-hydrogen) atoms. The number of amides is 4. The Balaban J connectivity index is 0.00000243. The van der Waals surface area contributed by atoms with Crippen molar-refractivity contribution in [1.82, 2.24) is 15.5 Å². The molecule has 1 aliphatic heterocycles. The lowest BCUT2D eigenvalue weighted by Crippen LogP contribution is -2.44. The molecule has 1 saturated heterocycles. The van der Waals surface area contributed by atoms with Gasteiger partial charge in [0.2, 0.25) is 5.91 Å². The van der Waals surface area contributed by atoms with Gasteiger partial charge >= 0.3 is 6.03 Å². The van der Waals surface area contributed by atoms with Crippen molar-refractivity contribution >= 4 is 30.3 Å². The lowest BCUT2D eigenvalue weighted by atomic mass is 9.98. The Morgan fingerprint density at radius 1 is 1.23 bits per heavy atom. The first-order valence-electron chi connectivity index (χ1n) is 8.73. The number of carbonyl (C=O) groups excluding carboxylic acids is 3. The second-order valence-corrected chi connectivity index (χ2v) is 6.75. The van der Waals surface area contributed by atoms with E-state index in [1.807, 2.05) is 30.3 Å². The lowest BCUT2D eigenvalue weighted by Gasteiger charge is -2.20. The number of halogens is 1. The van der Waals surface area contributed by atoms with E-state index in [4.69, 9.17) is 5.73 Å². The Morgan fingerprint density at radius 2 is 1.88 bits per heavy atom. The molecule has 1 aromatic rings. The number of hydrogen-bond acceptors (Lipinski definition) is 4. The zero-order chi connectivity index (χ0) is 17.9. The van der Waals surface area contributed by atoms with E-state index in [9.17, 15) is 14.4 Å². The molecule has 4 amide bonds. The summed E-state index contributed by atoms with van der Waals surface area (Å²) in [6.07, 6.45) is 3.34. The third-order valence-corrected chi connectivity index (χ3v) is 5.01. The molecule has 8 heteroatoms. The van der Waals surface area contributed by atoms with Crippen LogP contribution in [0.15, 0.2) is 30.3 Å². The first-order chi connectivity index (χ1) is 12.0. The van der Waals surface area contributed by atoms with Crippen molar-refractivity contribution in [2.24, 2.45) is 5.73 Å². The van der Waals surface area contributed by atoms with Gasteiger partial charge in [-0.05, 0) is 18.4 Å². The highest BCUT2D eigenvalue weighted by molar-refractivity contribution is 6.07. The average molecular weight is 381 g/mol. The molecule has 3 rings (SSSR count).